The number of rotatable bonds is 5. The Bertz CT molecular complexity index is 1120. The minimum Gasteiger partial charge on any atom is -0.444 e. The molecule has 10 nitrogen and oxygen atoms in total. The van der Waals surface area contributed by atoms with Gasteiger partial charge >= 0.3 is 16.7 Å². The highest BCUT2D eigenvalue weighted by atomic mass is 32.2. The number of hydrogen-bond acceptors (Lipinski definition) is 8. The summed E-state index contributed by atoms with van der Waals surface area (Å²) in [5, 5.41) is 15.2. The quantitative estimate of drug-likeness (QED) is 0.496. The smallest absolute Gasteiger partial charge is 0.441 e. The summed E-state index contributed by atoms with van der Waals surface area (Å²) in [4.78, 5) is 39.6. The molecular formula is C20H26N5O5S2+. The van der Waals surface area contributed by atoms with Crippen molar-refractivity contribution in [1.29, 1.82) is 5.26 Å². The van der Waals surface area contributed by atoms with Crippen LogP contribution in [0.4, 0.5) is 9.80 Å². The van der Waals surface area contributed by atoms with Crippen LogP contribution in [0.5, 0.6) is 0 Å². The zero-order valence-corrected chi connectivity index (χ0v) is 20.2. The lowest BCUT2D eigenvalue weighted by Crippen LogP contribution is -2.39. The largest absolute Gasteiger partial charge is 0.444 e. The van der Waals surface area contributed by atoms with Gasteiger partial charge in [-0.15, -0.1) is 11.3 Å². The Hall–Kier alpha value is -2.78. The molecule has 32 heavy (non-hydrogen) atoms. The lowest BCUT2D eigenvalue weighted by molar-refractivity contribution is -0.772. The first kappa shape index (κ1) is 23.9. The predicted octanol–water partition coefficient (Wildman–Crippen LogP) is 2.53. The van der Waals surface area contributed by atoms with Gasteiger partial charge in [-0.3, -0.25) is 9.32 Å². The van der Waals surface area contributed by atoms with E-state index >= 15 is 0 Å². The molecule has 2 N–H and O–H groups in total. The number of nitrogens with one attached hydrogen (secondary N) is 2. The molecule has 2 amide bonds. The molecule has 0 radical (unpaired) electrons. The van der Waals surface area contributed by atoms with Gasteiger partial charge < -0.3 is 15.0 Å². The number of fused-ring (bicyclic) bond motifs is 1. The van der Waals surface area contributed by atoms with Gasteiger partial charge in [-0.1, -0.05) is 11.6 Å². The highest BCUT2D eigenvalue weighted by Crippen LogP contribution is 2.37. The zero-order chi connectivity index (χ0) is 23.6. The van der Waals surface area contributed by atoms with Crippen molar-refractivity contribution >= 4 is 40.1 Å². The monoisotopic (exact) mass is 480 g/mol. The molecule has 2 aromatic heterocycles. The number of aromatic nitrogens is 2. The van der Waals surface area contributed by atoms with Gasteiger partial charge in [0.25, 0.3) is 0 Å². The van der Waals surface area contributed by atoms with E-state index < -0.39 is 22.6 Å². The highest BCUT2D eigenvalue weighted by Gasteiger charge is 2.32. The van der Waals surface area contributed by atoms with Gasteiger partial charge in [0.05, 0.1) is 17.4 Å². The molecule has 0 aromatic carbocycles. The first-order valence-electron chi connectivity index (χ1n) is 10.1. The number of carbonyl (C=O) groups is 2. The number of aryl methyl sites for hydroxylation is 1. The van der Waals surface area contributed by atoms with Gasteiger partial charge in [0, 0.05) is 11.4 Å². The Morgan fingerprint density at radius 2 is 2.19 bits per heavy atom. The standard InChI is InChI=1S/C20H25N5O5S2/c1-6-13(32-17-18(27)30-23-24(17)5)15(26)22-16-12(9-21)11-7-8-25(10-14(11)31-16)19(28)29-20(2,3)4/h13H,6-8,10H2,1-5H3,(H-,22,23,26,27)/p+1. The third-order valence-corrected chi connectivity index (χ3v) is 7.36. The maximum Gasteiger partial charge on any atom is 0.441 e. The number of H-pyrrole nitrogens is 1. The van der Waals surface area contributed by atoms with E-state index in [-0.39, 0.29) is 10.9 Å². The molecule has 0 aliphatic carbocycles. The number of amides is 2. The maximum absolute atomic E-state index is 12.9. The molecule has 12 heteroatoms. The number of hydrogen-bond donors (Lipinski definition) is 2. The first-order valence-corrected chi connectivity index (χ1v) is 11.8. The summed E-state index contributed by atoms with van der Waals surface area (Å²) in [5.74, 6) is -0.308. The van der Waals surface area contributed by atoms with Crippen molar-refractivity contribution in [2.75, 3.05) is 11.9 Å². The molecule has 1 aliphatic rings. The fourth-order valence-corrected chi connectivity index (χ4v) is 5.35. The van der Waals surface area contributed by atoms with Crippen LogP contribution < -0.4 is 15.6 Å². The first-order chi connectivity index (χ1) is 15.0. The molecule has 0 fully saturated rings. The van der Waals surface area contributed by atoms with E-state index in [1.54, 1.807) is 11.9 Å². The summed E-state index contributed by atoms with van der Waals surface area (Å²) in [6, 6.07) is 2.19. The number of nitrogens with zero attached hydrogens (tertiary/aromatic N) is 3. The summed E-state index contributed by atoms with van der Waals surface area (Å²) >= 11 is 2.39. The van der Waals surface area contributed by atoms with E-state index in [1.165, 1.54) is 16.0 Å². The summed E-state index contributed by atoms with van der Waals surface area (Å²) in [7, 11) is 1.62. The number of nitriles is 1. The van der Waals surface area contributed by atoms with Crippen molar-refractivity contribution in [3.8, 4) is 6.07 Å². The summed E-state index contributed by atoms with van der Waals surface area (Å²) in [5.41, 5.74) is 0.138. The number of carbonyl (C=O) groups excluding carboxylic acids is 2. The molecule has 2 aromatic rings. The van der Waals surface area contributed by atoms with Gasteiger partial charge in [-0.25, -0.2) is 9.59 Å². The number of anilines is 1. The third-order valence-electron chi connectivity index (χ3n) is 4.73. The molecule has 0 saturated heterocycles. The number of thioether (sulfide) groups is 1. The normalized spacial score (nSPS) is 14.4. The molecule has 0 saturated carbocycles. The molecule has 172 valence electrons. The highest BCUT2D eigenvalue weighted by molar-refractivity contribution is 8.00. The Balaban J connectivity index is 1.77. The number of aromatic amines is 1. The van der Waals surface area contributed by atoms with Crippen LogP contribution in [0.2, 0.25) is 0 Å². The van der Waals surface area contributed by atoms with E-state index in [2.05, 4.69) is 16.7 Å². The van der Waals surface area contributed by atoms with E-state index in [4.69, 9.17) is 9.26 Å². The second-order valence-electron chi connectivity index (χ2n) is 8.32. The molecule has 1 unspecified atom stereocenters. The van der Waals surface area contributed by atoms with Gasteiger partial charge in [-0.2, -0.15) is 5.26 Å². The number of ether oxygens (including phenoxy) is 1. The zero-order valence-electron chi connectivity index (χ0n) is 18.6. The average Bonchev–Trinajstić information content (AvgIpc) is 3.22. The second-order valence-corrected chi connectivity index (χ2v) is 10.6. The molecule has 0 bridgehead atoms. The molecule has 1 aliphatic heterocycles. The molecule has 0 spiro atoms. The summed E-state index contributed by atoms with van der Waals surface area (Å²) < 4.78 is 11.6. The van der Waals surface area contributed by atoms with Crippen molar-refractivity contribution < 1.29 is 23.5 Å². The van der Waals surface area contributed by atoms with E-state index in [1.807, 2.05) is 27.7 Å². The fraction of sp³-hybridized carbons (Fsp3) is 0.550. The fourth-order valence-electron chi connectivity index (χ4n) is 3.20. The van der Waals surface area contributed by atoms with E-state index in [9.17, 15) is 19.6 Å². The average molecular weight is 481 g/mol. The SMILES string of the molecule is CCC(Sc1c(=O)o[nH][n+]1C)C(=O)Nc1sc2c(c1C#N)CCN(C(=O)OC(C)(C)C)C2. The van der Waals surface area contributed by atoms with E-state index in [0.29, 0.717) is 36.5 Å². The summed E-state index contributed by atoms with van der Waals surface area (Å²) in [6.45, 7) is 8.04. The Morgan fingerprint density at radius 1 is 1.47 bits per heavy atom. The second kappa shape index (κ2) is 9.38. The molecule has 1 atom stereocenters. The lowest BCUT2D eigenvalue weighted by Gasteiger charge is -2.29. The topological polar surface area (TPSA) is 132 Å². The Morgan fingerprint density at radius 3 is 2.75 bits per heavy atom. The minimum absolute atomic E-state index is 0.283. The van der Waals surface area contributed by atoms with Gasteiger partial charge in [0.1, 0.15) is 16.7 Å². The Labute approximate surface area is 193 Å². The van der Waals surface area contributed by atoms with Crippen molar-refractivity contribution in [2.24, 2.45) is 7.05 Å². The van der Waals surface area contributed by atoms with Gasteiger partial charge in [0.2, 0.25) is 5.91 Å². The Kier molecular flexibility index (Phi) is 7.00. The van der Waals surface area contributed by atoms with Crippen LogP contribution in [0.3, 0.4) is 0 Å². The van der Waals surface area contributed by atoms with Crippen LogP contribution in [0.1, 0.15) is 50.1 Å². The minimum atomic E-state index is -0.593. The third kappa shape index (κ3) is 5.16. The summed E-state index contributed by atoms with van der Waals surface area (Å²) in [6.07, 6.45) is 0.581. The molecule has 3 rings (SSSR count). The van der Waals surface area contributed by atoms with Gasteiger partial charge in [0.15, 0.2) is 7.05 Å². The van der Waals surface area contributed by atoms with Crippen LogP contribution in [-0.4, -0.2) is 39.6 Å². The number of thiophene rings is 1. The molecule has 3 heterocycles. The van der Waals surface area contributed by atoms with Crippen LogP contribution in [0.15, 0.2) is 14.3 Å². The van der Waals surface area contributed by atoms with Crippen LogP contribution in [-0.2, 0) is 29.5 Å². The predicted molar refractivity (Wildman–Crippen MR) is 118 cm³/mol. The van der Waals surface area contributed by atoms with Crippen LogP contribution >= 0.6 is 23.1 Å². The van der Waals surface area contributed by atoms with Crippen molar-refractivity contribution in [3.63, 3.8) is 0 Å². The van der Waals surface area contributed by atoms with Crippen LogP contribution in [0.25, 0.3) is 0 Å². The van der Waals surface area contributed by atoms with Crippen molar-refractivity contribution in [2.45, 2.75) is 63.0 Å². The van der Waals surface area contributed by atoms with Crippen LogP contribution in [0, 0.1) is 11.3 Å². The maximum atomic E-state index is 12.9. The lowest BCUT2D eigenvalue weighted by atomic mass is 10.0. The van der Waals surface area contributed by atoms with Gasteiger partial charge in [-0.05, 0) is 56.2 Å². The molecular weight excluding hydrogens is 454 g/mol. The van der Waals surface area contributed by atoms with E-state index in [0.717, 1.165) is 22.2 Å². The van der Waals surface area contributed by atoms with Crippen molar-refractivity contribution in [3.05, 3.63) is 26.4 Å². The van der Waals surface area contributed by atoms with Crippen molar-refractivity contribution in [1.82, 2.24) is 10.2 Å².